The molecule has 1 aliphatic heterocycles. The summed E-state index contributed by atoms with van der Waals surface area (Å²) in [6.45, 7) is 1.03. The van der Waals surface area contributed by atoms with E-state index in [0.29, 0.717) is 28.1 Å². The van der Waals surface area contributed by atoms with Gasteiger partial charge in [-0.1, -0.05) is 23.7 Å². The molecule has 0 aliphatic carbocycles. The fourth-order valence-electron chi connectivity index (χ4n) is 3.28. The molecule has 1 aromatic carbocycles. The van der Waals surface area contributed by atoms with Crippen LogP contribution in [0.5, 0.6) is 5.75 Å². The van der Waals surface area contributed by atoms with Crippen LogP contribution in [0.1, 0.15) is 24.1 Å². The molecular weight excluding hydrogens is 467 g/mol. The zero-order chi connectivity index (χ0) is 24.3. The minimum Gasteiger partial charge on any atom is -0.497 e. The molecule has 12 heteroatoms. The highest BCUT2D eigenvalue weighted by molar-refractivity contribution is 6.30. The SMILES string of the molecule is CCOC(=O)C1=C(Cn2cc(C(F)(F)F)cc(Cl)c2=O)NC(=O)NC1c1ccc(OC)cc1. The van der Waals surface area contributed by atoms with Gasteiger partial charge in [0.25, 0.3) is 5.56 Å². The van der Waals surface area contributed by atoms with Crippen molar-refractivity contribution < 1.29 is 32.2 Å². The highest BCUT2D eigenvalue weighted by atomic mass is 35.5. The Balaban J connectivity index is 2.14. The molecule has 0 radical (unpaired) electrons. The van der Waals surface area contributed by atoms with Gasteiger partial charge in [-0.2, -0.15) is 13.2 Å². The summed E-state index contributed by atoms with van der Waals surface area (Å²) in [5, 5.41) is 4.34. The lowest BCUT2D eigenvalue weighted by Gasteiger charge is -2.30. The fraction of sp³-hybridized carbons (Fsp3) is 0.286. The van der Waals surface area contributed by atoms with E-state index < -0.39 is 46.9 Å². The van der Waals surface area contributed by atoms with Crippen LogP contribution in [0, 0.1) is 0 Å². The average Bonchev–Trinajstić information content (AvgIpc) is 2.75. The summed E-state index contributed by atoms with van der Waals surface area (Å²) in [4.78, 5) is 37.6. The molecule has 1 unspecified atom stereocenters. The molecule has 2 N–H and O–H groups in total. The Morgan fingerprint density at radius 2 is 1.88 bits per heavy atom. The summed E-state index contributed by atoms with van der Waals surface area (Å²) in [7, 11) is 1.47. The summed E-state index contributed by atoms with van der Waals surface area (Å²) in [6.07, 6.45) is -4.19. The molecule has 1 aliphatic rings. The highest BCUT2D eigenvalue weighted by Gasteiger charge is 2.35. The molecule has 2 amide bonds. The number of amides is 2. The molecule has 0 saturated heterocycles. The molecule has 2 heterocycles. The van der Waals surface area contributed by atoms with E-state index in [0.717, 1.165) is 0 Å². The van der Waals surface area contributed by atoms with Crippen molar-refractivity contribution in [3.8, 4) is 5.75 Å². The smallest absolute Gasteiger partial charge is 0.417 e. The topological polar surface area (TPSA) is 98.7 Å². The number of benzene rings is 1. The van der Waals surface area contributed by atoms with E-state index in [1.807, 2.05) is 0 Å². The number of halogens is 4. The number of alkyl halides is 3. The van der Waals surface area contributed by atoms with Gasteiger partial charge in [0.2, 0.25) is 0 Å². The van der Waals surface area contributed by atoms with E-state index in [2.05, 4.69) is 10.6 Å². The fourth-order valence-corrected chi connectivity index (χ4v) is 3.51. The van der Waals surface area contributed by atoms with E-state index in [9.17, 15) is 27.6 Å². The normalized spacial score (nSPS) is 16.2. The van der Waals surface area contributed by atoms with Crippen LogP contribution in [0.2, 0.25) is 5.02 Å². The van der Waals surface area contributed by atoms with E-state index in [1.165, 1.54) is 7.11 Å². The minimum atomic E-state index is -4.76. The first kappa shape index (κ1) is 24.2. The lowest BCUT2D eigenvalue weighted by molar-refractivity contribution is -0.139. The maximum atomic E-state index is 13.2. The van der Waals surface area contributed by atoms with Crippen molar-refractivity contribution >= 4 is 23.6 Å². The van der Waals surface area contributed by atoms with Gasteiger partial charge in [0.1, 0.15) is 10.8 Å². The molecule has 0 saturated carbocycles. The number of pyridine rings is 1. The summed E-state index contributed by atoms with van der Waals surface area (Å²) in [5.74, 6) is -0.280. The third kappa shape index (κ3) is 5.30. The van der Waals surface area contributed by atoms with E-state index in [4.69, 9.17) is 21.1 Å². The van der Waals surface area contributed by atoms with Crippen molar-refractivity contribution in [2.45, 2.75) is 25.7 Å². The van der Waals surface area contributed by atoms with E-state index in [1.54, 1.807) is 31.2 Å². The number of methoxy groups -OCH3 is 1. The average molecular weight is 486 g/mol. The number of nitrogens with one attached hydrogen (secondary N) is 2. The first-order chi connectivity index (χ1) is 15.5. The van der Waals surface area contributed by atoms with Gasteiger partial charge in [-0.25, -0.2) is 9.59 Å². The van der Waals surface area contributed by atoms with Gasteiger partial charge in [0, 0.05) is 6.20 Å². The van der Waals surface area contributed by atoms with Crippen LogP contribution in [0.15, 0.2) is 52.6 Å². The van der Waals surface area contributed by atoms with Crippen molar-refractivity contribution in [1.29, 1.82) is 0 Å². The van der Waals surface area contributed by atoms with E-state index in [-0.39, 0.29) is 17.9 Å². The second kappa shape index (κ2) is 9.57. The third-order valence-electron chi connectivity index (χ3n) is 4.80. The van der Waals surface area contributed by atoms with Crippen molar-refractivity contribution in [3.63, 3.8) is 0 Å². The van der Waals surface area contributed by atoms with Gasteiger partial charge in [-0.15, -0.1) is 0 Å². The second-order valence-electron chi connectivity index (χ2n) is 6.92. The number of rotatable bonds is 6. The monoisotopic (exact) mass is 485 g/mol. The summed E-state index contributed by atoms with van der Waals surface area (Å²) in [6, 6.07) is 5.26. The van der Waals surface area contributed by atoms with Gasteiger partial charge >= 0.3 is 18.2 Å². The maximum Gasteiger partial charge on any atom is 0.417 e. The largest absolute Gasteiger partial charge is 0.497 e. The number of esters is 1. The summed E-state index contributed by atoms with van der Waals surface area (Å²) >= 11 is 5.72. The lowest BCUT2D eigenvalue weighted by atomic mass is 9.95. The van der Waals surface area contributed by atoms with Crippen molar-refractivity contribution in [2.75, 3.05) is 13.7 Å². The Kier molecular flexibility index (Phi) is 7.01. The Labute approximate surface area is 190 Å². The molecular formula is C21H19ClF3N3O5. The van der Waals surface area contributed by atoms with Crippen LogP contribution in [0.25, 0.3) is 0 Å². The third-order valence-corrected chi connectivity index (χ3v) is 5.07. The Morgan fingerprint density at radius 3 is 2.45 bits per heavy atom. The van der Waals surface area contributed by atoms with Crippen LogP contribution < -0.4 is 20.9 Å². The van der Waals surface area contributed by atoms with Gasteiger partial charge < -0.3 is 24.7 Å². The quantitative estimate of drug-likeness (QED) is 0.611. The van der Waals surface area contributed by atoms with Crippen molar-refractivity contribution in [2.24, 2.45) is 0 Å². The molecule has 8 nitrogen and oxygen atoms in total. The number of carbonyl (C=O) groups is 2. The van der Waals surface area contributed by atoms with Crippen molar-refractivity contribution in [3.05, 3.63) is 74.3 Å². The number of carbonyl (C=O) groups excluding carboxylic acids is 2. The van der Waals surface area contributed by atoms with Crippen LogP contribution >= 0.6 is 11.6 Å². The molecule has 176 valence electrons. The minimum absolute atomic E-state index is 0.00816. The van der Waals surface area contributed by atoms with Crippen LogP contribution in [-0.4, -0.2) is 30.3 Å². The first-order valence-corrected chi connectivity index (χ1v) is 10.0. The predicted octanol–water partition coefficient (Wildman–Crippen LogP) is 3.40. The predicted molar refractivity (Wildman–Crippen MR) is 112 cm³/mol. The number of hydrogen-bond acceptors (Lipinski definition) is 5. The zero-order valence-corrected chi connectivity index (χ0v) is 18.2. The molecule has 2 aromatic rings. The molecule has 0 bridgehead atoms. The number of ether oxygens (including phenoxy) is 2. The maximum absolute atomic E-state index is 13.2. The van der Waals surface area contributed by atoms with Gasteiger partial charge in [0.05, 0.1) is 43.1 Å². The lowest BCUT2D eigenvalue weighted by Crippen LogP contribution is -2.47. The number of hydrogen-bond donors (Lipinski definition) is 2. The number of allylic oxidation sites excluding steroid dienone is 1. The Morgan fingerprint density at radius 1 is 1.21 bits per heavy atom. The van der Waals surface area contributed by atoms with Crippen LogP contribution in [-0.2, 0) is 22.3 Å². The molecule has 0 spiro atoms. The molecule has 3 rings (SSSR count). The van der Waals surface area contributed by atoms with E-state index >= 15 is 0 Å². The Bertz CT molecular complexity index is 1160. The molecule has 0 fully saturated rings. The molecule has 1 atom stereocenters. The highest BCUT2D eigenvalue weighted by Crippen LogP contribution is 2.31. The first-order valence-electron chi connectivity index (χ1n) is 9.64. The summed E-state index contributed by atoms with van der Waals surface area (Å²) < 4.78 is 50.6. The second-order valence-corrected chi connectivity index (χ2v) is 7.33. The van der Waals surface area contributed by atoms with Gasteiger partial charge in [-0.3, -0.25) is 4.79 Å². The number of urea groups is 1. The zero-order valence-electron chi connectivity index (χ0n) is 17.5. The van der Waals surface area contributed by atoms with Gasteiger partial charge in [0.15, 0.2) is 0 Å². The molecule has 33 heavy (non-hydrogen) atoms. The number of nitrogens with zero attached hydrogens (tertiary/aromatic N) is 1. The molecule has 1 aromatic heterocycles. The summed E-state index contributed by atoms with van der Waals surface area (Å²) in [5.41, 5.74) is -1.76. The van der Waals surface area contributed by atoms with Crippen molar-refractivity contribution in [1.82, 2.24) is 15.2 Å². The number of aromatic nitrogens is 1. The van der Waals surface area contributed by atoms with Gasteiger partial charge in [-0.05, 0) is 30.7 Å². The van der Waals surface area contributed by atoms with Crippen LogP contribution in [0.4, 0.5) is 18.0 Å². The van der Waals surface area contributed by atoms with Crippen LogP contribution in [0.3, 0.4) is 0 Å². The Hall–Kier alpha value is -3.47. The standard InChI is InChI=1S/C21H19ClF3N3O5/c1-3-33-19(30)16-15(10-28-9-12(21(23,24)25)8-14(22)18(28)29)26-20(31)27-17(16)11-4-6-13(32-2)7-5-11/h4-9,17H,3,10H2,1-2H3,(H2,26,27,31).